The minimum atomic E-state index is -0.137. The molecule has 2 N–H and O–H groups in total. The van der Waals surface area contributed by atoms with Gasteiger partial charge in [0.1, 0.15) is 5.69 Å². The summed E-state index contributed by atoms with van der Waals surface area (Å²) >= 11 is 3.39. The third-order valence-corrected chi connectivity index (χ3v) is 3.63. The van der Waals surface area contributed by atoms with Gasteiger partial charge in [0.25, 0.3) is 5.91 Å². The van der Waals surface area contributed by atoms with Crippen molar-refractivity contribution in [3.05, 3.63) is 46.2 Å². The number of carbonyl (C=O) groups excluding carboxylic acids is 1. The third-order valence-electron chi connectivity index (χ3n) is 3.10. The first kappa shape index (κ1) is 14.0. The fraction of sp³-hybridized carbons (Fsp3) is 0.267. The number of halogens is 1. The topological polar surface area (TPSA) is 66.9 Å². The van der Waals surface area contributed by atoms with Gasteiger partial charge in [-0.15, -0.1) is 0 Å². The molecule has 0 radical (unpaired) electrons. The van der Waals surface area contributed by atoms with Crippen LogP contribution in [0.5, 0.6) is 0 Å². The Morgan fingerprint density at radius 3 is 2.62 bits per heavy atom. The van der Waals surface area contributed by atoms with Crippen LogP contribution in [-0.4, -0.2) is 21.9 Å². The van der Waals surface area contributed by atoms with E-state index in [0.29, 0.717) is 17.7 Å². The average Bonchev–Trinajstić information content (AvgIpc) is 3.25. The van der Waals surface area contributed by atoms with Crippen LogP contribution in [0, 0.1) is 6.92 Å². The van der Waals surface area contributed by atoms with Gasteiger partial charge in [-0.25, -0.2) is 9.97 Å². The average molecular weight is 347 g/mol. The van der Waals surface area contributed by atoms with E-state index in [1.54, 1.807) is 6.07 Å². The molecular weight excluding hydrogens is 332 g/mol. The largest absolute Gasteiger partial charge is 0.348 e. The highest BCUT2D eigenvalue weighted by Crippen LogP contribution is 2.20. The minimum absolute atomic E-state index is 0.137. The molecule has 1 saturated carbocycles. The van der Waals surface area contributed by atoms with Crippen molar-refractivity contribution < 1.29 is 4.79 Å². The zero-order valence-corrected chi connectivity index (χ0v) is 13.1. The molecule has 1 aliphatic rings. The van der Waals surface area contributed by atoms with Crippen molar-refractivity contribution in [3.8, 4) is 0 Å². The lowest BCUT2D eigenvalue weighted by molar-refractivity contribution is 0.0946. The van der Waals surface area contributed by atoms with Crippen molar-refractivity contribution in [2.75, 3.05) is 5.32 Å². The van der Waals surface area contributed by atoms with Crippen molar-refractivity contribution in [2.45, 2.75) is 25.8 Å². The predicted molar refractivity (Wildman–Crippen MR) is 84.7 cm³/mol. The van der Waals surface area contributed by atoms with E-state index in [-0.39, 0.29) is 5.91 Å². The van der Waals surface area contributed by atoms with Gasteiger partial charge in [-0.1, -0.05) is 15.9 Å². The van der Waals surface area contributed by atoms with Crippen LogP contribution in [-0.2, 0) is 0 Å². The molecule has 21 heavy (non-hydrogen) atoms. The van der Waals surface area contributed by atoms with E-state index in [4.69, 9.17) is 0 Å². The van der Waals surface area contributed by atoms with Crippen LogP contribution < -0.4 is 10.6 Å². The second-order valence-electron chi connectivity index (χ2n) is 5.10. The maximum absolute atomic E-state index is 12.1. The van der Waals surface area contributed by atoms with Crippen molar-refractivity contribution in [1.82, 2.24) is 15.3 Å². The Balaban J connectivity index is 1.79. The molecule has 1 aromatic heterocycles. The van der Waals surface area contributed by atoms with Crippen molar-refractivity contribution in [1.29, 1.82) is 0 Å². The summed E-state index contributed by atoms with van der Waals surface area (Å²) in [5, 5.41) is 6.05. The van der Waals surface area contributed by atoms with Gasteiger partial charge >= 0.3 is 0 Å². The molecule has 1 amide bonds. The summed E-state index contributed by atoms with van der Waals surface area (Å²) in [5.41, 5.74) is 2.02. The number of nitrogens with one attached hydrogen (secondary N) is 2. The number of rotatable bonds is 4. The molecule has 0 aliphatic heterocycles. The molecule has 0 bridgehead atoms. The number of hydrogen-bond donors (Lipinski definition) is 2. The molecule has 1 heterocycles. The number of amides is 1. The number of nitrogens with zero attached hydrogens (tertiary/aromatic N) is 2. The van der Waals surface area contributed by atoms with Crippen LogP contribution in [0.4, 0.5) is 11.6 Å². The first-order chi connectivity index (χ1) is 10.1. The maximum atomic E-state index is 12.1. The lowest BCUT2D eigenvalue weighted by Gasteiger charge is -2.08. The third kappa shape index (κ3) is 3.78. The van der Waals surface area contributed by atoms with Gasteiger partial charge in [0.15, 0.2) is 0 Å². The molecule has 0 unspecified atom stereocenters. The second kappa shape index (κ2) is 5.81. The molecule has 1 fully saturated rings. The van der Waals surface area contributed by atoms with Crippen LogP contribution >= 0.6 is 15.9 Å². The monoisotopic (exact) mass is 346 g/mol. The normalized spacial score (nSPS) is 13.8. The fourth-order valence-electron chi connectivity index (χ4n) is 1.89. The summed E-state index contributed by atoms with van der Waals surface area (Å²) in [4.78, 5) is 20.7. The Hall–Kier alpha value is -1.95. The van der Waals surface area contributed by atoms with Crippen molar-refractivity contribution in [2.24, 2.45) is 0 Å². The highest BCUT2D eigenvalue weighted by molar-refractivity contribution is 9.10. The Morgan fingerprint density at radius 1 is 1.24 bits per heavy atom. The summed E-state index contributed by atoms with van der Waals surface area (Å²) < 4.78 is 1.00. The number of anilines is 2. The Kier molecular flexibility index (Phi) is 3.88. The van der Waals surface area contributed by atoms with Crippen LogP contribution in [0.3, 0.4) is 0 Å². The molecule has 1 aliphatic carbocycles. The number of benzene rings is 1. The van der Waals surface area contributed by atoms with Crippen molar-refractivity contribution >= 4 is 33.5 Å². The molecular formula is C15H15BrN4O. The van der Waals surface area contributed by atoms with Crippen LogP contribution in [0.2, 0.25) is 0 Å². The zero-order valence-electron chi connectivity index (χ0n) is 11.6. The first-order valence-corrected chi connectivity index (χ1v) is 7.58. The smallest absolute Gasteiger partial charge is 0.270 e. The van der Waals surface area contributed by atoms with E-state index in [1.807, 2.05) is 31.2 Å². The van der Waals surface area contributed by atoms with E-state index in [0.717, 1.165) is 28.7 Å². The lowest BCUT2D eigenvalue weighted by atomic mass is 10.3. The molecule has 2 aromatic rings. The molecule has 6 heteroatoms. The van der Waals surface area contributed by atoms with Gasteiger partial charge in [0.05, 0.1) is 0 Å². The molecule has 1 aromatic carbocycles. The Labute approximate surface area is 131 Å². The van der Waals surface area contributed by atoms with Gasteiger partial charge in [0, 0.05) is 21.9 Å². The highest BCUT2D eigenvalue weighted by Gasteiger charge is 2.24. The number of hydrogen-bond acceptors (Lipinski definition) is 4. The Morgan fingerprint density at radius 2 is 1.95 bits per heavy atom. The highest BCUT2D eigenvalue weighted by atomic mass is 79.9. The Bertz CT molecular complexity index is 668. The van der Waals surface area contributed by atoms with Crippen LogP contribution in [0.25, 0.3) is 0 Å². The van der Waals surface area contributed by atoms with Crippen LogP contribution in [0.15, 0.2) is 34.8 Å². The molecule has 0 saturated heterocycles. The van der Waals surface area contributed by atoms with E-state index < -0.39 is 0 Å². The molecule has 108 valence electrons. The quantitative estimate of drug-likeness (QED) is 0.892. The van der Waals surface area contributed by atoms with Crippen LogP contribution in [0.1, 0.15) is 29.0 Å². The lowest BCUT2D eigenvalue weighted by Crippen LogP contribution is -2.26. The minimum Gasteiger partial charge on any atom is -0.348 e. The van der Waals surface area contributed by atoms with Gasteiger partial charge < -0.3 is 10.6 Å². The molecule has 5 nitrogen and oxygen atoms in total. The summed E-state index contributed by atoms with van der Waals surface area (Å²) in [7, 11) is 0. The summed E-state index contributed by atoms with van der Waals surface area (Å²) in [5.74, 6) is 0.292. The SMILES string of the molecule is Cc1cc(C(=O)NC2CC2)nc(Nc2ccc(Br)cc2)n1. The van der Waals surface area contributed by atoms with Gasteiger partial charge in [0.2, 0.25) is 5.95 Å². The van der Waals surface area contributed by atoms with Gasteiger partial charge in [-0.2, -0.15) is 0 Å². The summed E-state index contributed by atoms with van der Waals surface area (Å²) in [6, 6.07) is 9.71. The van der Waals surface area contributed by atoms with Gasteiger partial charge in [-0.05, 0) is 50.1 Å². The van der Waals surface area contributed by atoms with E-state index in [9.17, 15) is 4.79 Å². The molecule has 0 atom stereocenters. The van der Waals surface area contributed by atoms with Crippen molar-refractivity contribution in [3.63, 3.8) is 0 Å². The molecule has 0 spiro atoms. The zero-order chi connectivity index (χ0) is 14.8. The number of carbonyl (C=O) groups is 1. The number of aryl methyl sites for hydroxylation is 1. The number of aromatic nitrogens is 2. The maximum Gasteiger partial charge on any atom is 0.270 e. The fourth-order valence-corrected chi connectivity index (χ4v) is 2.15. The summed E-state index contributed by atoms with van der Waals surface area (Å²) in [6.07, 6.45) is 2.11. The second-order valence-corrected chi connectivity index (χ2v) is 6.01. The van der Waals surface area contributed by atoms with E-state index in [1.165, 1.54) is 0 Å². The first-order valence-electron chi connectivity index (χ1n) is 6.79. The summed E-state index contributed by atoms with van der Waals surface area (Å²) in [6.45, 7) is 1.85. The predicted octanol–water partition coefficient (Wildman–Crippen LogP) is 3.18. The standard InChI is InChI=1S/C15H15BrN4O/c1-9-8-13(14(21)18-11-6-7-11)20-15(17-9)19-12-4-2-10(16)3-5-12/h2-5,8,11H,6-7H2,1H3,(H,18,21)(H,17,19,20). The molecule has 3 rings (SSSR count). The van der Waals surface area contributed by atoms with E-state index >= 15 is 0 Å². The van der Waals surface area contributed by atoms with Gasteiger partial charge in [-0.3, -0.25) is 4.79 Å². The van der Waals surface area contributed by atoms with E-state index in [2.05, 4.69) is 36.5 Å².